The molecule has 0 radical (unpaired) electrons. The van der Waals surface area contributed by atoms with Gasteiger partial charge in [0, 0.05) is 35.2 Å². The monoisotopic (exact) mass is 647 g/mol. The van der Waals surface area contributed by atoms with Gasteiger partial charge >= 0.3 is 12.1 Å². The molecule has 0 N–H and O–H groups in total. The summed E-state index contributed by atoms with van der Waals surface area (Å²) in [6.45, 7) is 8.10. The van der Waals surface area contributed by atoms with Gasteiger partial charge in [0.1, 0.15) is 5.75 Å². The molecular formula is C32H37BrF3N3O3. The third-order valence-electron chi connectivity index (χ3n) is 8.20. The zero-order valence-electron chi connectivity index (χ0n) is 24.3. The van der Waals surface area contributed by atoms with Crippen LogP contribution < -0.4 is 4.74 Å². The van der Waals surface area contributed by atoms with Crippen molar-refractivity contribution in [3.05, 3.63) is 57.6 Å². The van der Waals surface area contributed by atoms with E-state index in [9.17, 15) is 18.0 Å². The molecule has 0 saturated carbocycles. The van der Waals surface area contributed by atoms with Gasteiger partial charge < -0.3 is 14.4 Å². The second-order valence-electron chi connectivity index (χ2n) is 11.5. The number of benzene rings is 2. The molecular weight excluding hydrogens is 611 g/mol. The lowest BCUT2D eigenvalue weighted by molar-refractivity contribution is -0.137. The molecule has 2 aliphatic rings. The van der Waals surface area contributed by atoms with E-state index in [4.69, 9.17) is 14.5 Å². The average molecular weight is 649 g/mol. The Morgan fingerprint density at radius 3 is 2.43 bits per heavy atom. The number of methoxy groups -OCH3 is 1. The van der Waals surface area contributed by atoms with Crippen molar-refractivity contribution in [2.75, 3.05) is 33.3 Å². The molecule has 2 saturated heterocycles. The summed E-state index contributed by atoms with van der Waals surface area (Å²) < 4.78 is 53.1. The van der Waals surface area contributed by atoms with Gasteiger partial charge in [0.15, 0.2) is 0 Å². The molecule has 2 aromatic carbocycles. The number of alkyl halides is 3. The number of hydrogen-bond acceptors (Lipinski definition) is 6. The Morgan fingerprint density at radius 2 is 1.79 bits per heavy atom. The highest BCUT2D eigenvalue weighted by Gasteiger charge is 2.32. The van der Waals surface area contributed by atoms with Gasteiger partial charge in [-0.2, -0.15) is 13.2 Å². The number of hydrogen-bond donors (Lipinski definition) is 0. The Labute approximate surface area is 253 Å². The summed E-state index contributed by atoms with van der Waals surface area (Å²) in [7, 11) is 1.32. The van der Waals surface area contributed by atoms with Crippen LogP contribution in [0.1, 0.15) is 67.4 Å². The number of piperidine rings is 2. The molecule has 0 aliphatic carbocycles. The molecule has 226 valence electrons. The maximum atomic E-state index is 13.8. The van der Waals surface area contributed by atoms with E-state index in [-0.39, 0.29) is 6.10 Å². The molecule has 5 rings (SSSR count). The third-order valence-corrected chi connectivity index (χ3v) is 8.82. The van der Waals surface area contributed by atoms with Crippen LogP contribution in [0.3, 0.4) is 0 Å². The SMILES string of the molecule is COC(=O)c1c(CN2CCC(N3CCCCC3)CC2)c(-c2cccc(C(F)(F)F)c2)nc2cc(OC(C)C)c(Br)cc12. The second-order valence-corrected chi connectivity index (χ2v) is 12.3. The number of esters is 1. The Hall–Kier alpha value is -2.69. The number of ether oxygens (including phenoxy) is 2. The van der Waals surface area contributed by atoms with Crippen LogP contribution in [0, 0.1) is 0 Å². The van der Waals surface area contributed by atoms with E-state index in [1.54, 1.807) is 18.2 Å². The summed E-state index contributed by atoms with van der Waals surface area (Å²) in [5.41, 5.74) is 1.18. The lowest BCUT2D eigenvalue weighted by atomic mass is 9.94. The fourth-order valence-electron chi connectivity index (χ4n) is 6.17. The summed E-state index contributed by atoms with van der Waals surface area (Å²) in [4.78, 5) is 23.2. The first kappa shape index (κ1) is 30.8. The summed E-state index contributed by atoms with van der Waals surface area (Å²) in [6.07, 6.45) is 1.16. The highest BCUT2D eigenvalue weighted by atomic mass is 79.9. The molecule has 10 heteroatoms. The van der Waals surface area contributed by atoms with Gasteiger partial charge in [0.25, 0.3) is 0 Å². The fourth-order valence-corrected chi connectivity index (χ4v) is 6.61. The number of pyridine rings is 1. The van der Waals surface area contributed by atoms with Gasteiger partial charge in [-0.05, 0) is 99.8 Å². The topological polar surface area (TPSA) is 54.9 Å². The second kappa shape index (κ2) is 12.9. The van der Waals surface area contributed by atoms with Crippen LogP contribution in [0.5, 0.6) is 5.75 Å². The molecule has 0 bridgehead atoms. The minimum atomic E-state index is -4.52. The number of carbonyl (C=O) groups excluding carboxylic acids is 1. The van der Waals surface area contributed by atoms with Crippen molar-refractivity contribution in [1.82, 2.24) is 14.8 Å². The first-order valence-corrected chi connectivity index (χ1v) is 15.4. The molecule has 0 amide bonds. The van der Waals surface area contributed by atoms with E-state index in [0.29, 0.717) is 56.1 Å². The molecule has 0 atom stereocenters. The van der Waals surface area contributed by atoms with Crippen LogP contribution in [-0.4, -0.2) is 66.2 Å². The molecule has 3 heterocycles. The maximum Gasteiger partial charge on any atom is 0.416 e. The van der Waals surface area contributed by atoms with E-state index in [1.165, 1.54) is 32.4 Å². The molecule has 0 spiro atoms. The van der Waals surface area contributed by atoms with Crippen LogP contribution >= 0.6 is 15.9 Å². The standard InChI is InChI=1S/C32H37BrF3N3O3/c1-20(2)42-28-18-27-24(17-26(28)33)29(31(40)41-3)25(30(37-27)21-8-7-9-22(16-21)32(34,35)36)19-38-14-10-23(11-15-38)39-12-5-4-6-13-39/h7-9,16-18,20,23H,4-6,10-15,19H2,1-3H3. The number of fused-ring (bicyclic) bond motifs is 1. The number of nitrogens with zero attached hydrogens (tertiary/aromatic N) is 3. The van der Waals surface area contributed by atoms with Crippen LogP contribution in [0.4, 0.5) is 13.2 Å². The summed E-state index contributed by atoms with van der Waals surface area (Å²) in [5, 5.41) is 0.554. The highest BCUT2D eigenvalue weighted by Crippen LogP contribution is 2.39. The summed E-state index contributed by atoms with van der Waals surface area (Å²) in [5.74, 6) is -0.0263. The van der Waals surface area contributed by atoms with Gasteiger partial charge in [-0.25, -0.2) is 9.78 Å². The van der Waals surface area contributed by atoms with E-state index < -0.39 is 17.7 Å². The van der Waals surface area contributed by atoms with Crippen molar-refractivity contribution in [3.8, 4) is 17.0 Å². The average Bonchev–Trinajstić information content (AvgIpc) is 2.97. The van der Waals surface area contributed by atoms with E-state index in [0.717, 1.165) is 51.2 Å². The lowest BCUT2D eigenvalue weighted by Crippen LogP contribution is -2.46. The molecule has 42 heavy (non-hydrogen) atoms. The molecule has 0 unspecified atom stereocenters. The van der Waals surface area contributed by atoms with Crippen LogP contribution in [0.15, 0.2) is 40.9 Å². The van der Waals surface area contributed by atoms with Crippen LogP contribution in [0.25, 0.3) is 22.2 Å². The Balaban J connectivity index is 1.61. The molecule has 1 aromatic heterocycles. The number of rotatable bonds is 7. The van der Waals surface area contributed by atoms with E-state index in [1.807, 2.05) is 13.8 Å². The number of halogens is 4. The van der Waals surface area contributed by atoms with Crippen molar-refractivity contribution >= 4 is 32.8 Å². The normalized spacial score (nSPS) is 17.6. The number of carbonyl (C=O) groups is 1. The van der Waals surface area contributed by atoms with Gasteiger partial charge in [-0.15, -0.1) is 0 Å². The zero-order valence-corrected chi connectivity index (χ0v) is 25.9. The molecule has 6 nitrogen and oxygen atoms in total. The van der Waals surface area contributed by atoms with Crippen molar-refractivity contribution in [2.45, 2.75) is 70.8 Å². The largest absolute Gasteiger partial charge is 0.490 e. The van der Waals surface area contributed by atoms with Gasteiger partial charge in [-0.1, -0.05) is 18.6 Å². The van der Waals surface area contributed by atoms with Gasteiger partial charge in [0.2, 0.25) is 0 Å². The maximum absolute atomic E-state index is 13.8. The minimum absolute atomic E-state index is 0.117. The number of likely N-dealkylation sites (tertiary alicyclic amines) is 2. The van der Waals surface area contributed by atoms with Crippen molar-refractivity contribution in [3.63, 3.8) is 0 Å². The minimum Gasteiger partial charge on any atom is -0.490 e. The first-order chi connectivity index (χ1) is 20.0. The first-order valence-electron chi connectivity index (χ1n) is 14.6. The van der Waals surface area contributed by atoms with Crippen molar-refractivity contribution < 1.29 is 27.4 Å². The predicted octanol–water partition coefficient (Wildman–Crippen LogP) is 7.71. The van der Waals surface area contributed by atoms with Gasteiger partial charge in [0.05, 0.1) is 40.0 Å². The Bertz CT molecular complexity index is 1430. The van der Waals surface area contributed by atoms with Crippen molar-refractivity contribution in [1.29, 1.82) is 0 Å². The Morgan fingerprint density at radius 1 is 1.07 bits per heavy atom. The predicted molar refractivity (Wildman–Crippen MR) is 161 cm³/mol. The quantitative estimate of drug-likeness (QED) is 0.245. The van der Waals surface area contributed by atoms with Crippen LogP contribution in [-0.2, 0) is 17.5 Å². The van der Waals surface area contributed by atoms with Crippen molar-refractivity contribution in [2.24, 2.45) is 0 Å². The number of aromatic nitrogens is 1. The molecule has 3 aromatic rings. The molecule has 2 fully saturated rings. The van der Waals surface area contributed by atoms with E-state index >= 15 is 0 Å². The summed E-state index contributed by atoms with van der Waals surface area (Å²) >= 11 is 3.57. The Kier molecular flexibility index (Phi) is 9.44. The van der Waals surface area contributed by atoms with Crippen LogP contribution in [0.2, 0.25) is 0 Å². The lowest BCUT2D eigenvalue weighted by Gasteiger charge is -2.40. The molecule has 2 aliphatic heterocycles. The van der Waals surface area contributed by atoms with E-state index in [2.05, 4.69) is 25.7 Å². The smallest absolute Gasteiger partial charge is 0.416 e. The fraction of sp³-hybridized carbons (Fsp3) is 0.500. The zero-order chi connectivity index (χ0) is 30.0. The highest BCUT2D eigenvalue weighted by molar-refractivity contribution is 9.10. The summed E-state index contributed by atoms with van der Waals surface area (Å²) in [6, 6.07) is 9.18. The van der Waals surface area contributed by atoms with Gasteiger partial charge in [-0.3, -0.25) is 4.90 Å². The third kappa shape index (κ3) is 6.76.